The first-order chi connectivity index (χ1) is 16.2. The molecular formula is C26H32N4O4. The maximum atomic E-state index is 11.9. The molecule has 8 heteroatoms. The lowest BCUT2D eigenvalue weighted by atomic mass is 10.1. The maximum absolute atomic E-state index is 11.9. The van der Waals surface area contributed by atoms with Gasteiger partial charge in [0.05, 0.1) is 23.7 Å². The summed E-state index contributed by atoms with van der Waals surface area (Å²) >= 11 is 0. The molecule has 0 saturated carbocycles. The number of anilines is 1. The quantitative estimate of drug-likeness (QED) is 0.546. The molecule has 1 fully saturated rings. The molecular weight excluding hydrogens is 432 g/mol. The van der Waals surface area contributed by atoms with Crippen molar-refractivity contribution in [3.63, 3.8) is 0 Å². The van der Waals surface area contributed by atoms with Gasteiger partial charge in [0.15, 0.2) is 5.82 Å². The summed E-state index contributed by atoms with van der Waals surface area (Å²) in [6, 6.07) is 15.5. The molecule has 0 aliphatic carbocycles. The molecule has 1 saturated heterocycles. The number of methoxy groups -OCH3 is 1. The summed E-state index contributed by atoms with van der Waals surface area (Å²) in [5.74, 6) is 0.533. The highest BCUT2D eigenvalue weighted by Crippen LogP contribution is 2.31. The van der Waals surface area contributed by atoms with Crippen LogP contribution in [0.2, 0.25) is 0 Å². The molecule has 0 spiro atoms. The molecule has 0 atom stereocenters. The lowest BCUT2D eigenvalue weighted by Gasteiger charge is -2.29. The van der Waals surface area contributed by atoms with Crippen LogP contribution in [0.25, 0.3) is 22.3 Å². The van der Waals surface area contributed by atoms with Crippen LogP contribution in [-0.2, 0) is 9.47 Å². The fourth-order valence-corrected chi connectivity index (χ4v) is 3.71. The predicted molar refractivity (Wildman–Crippen MR) is 133 cm³/mol. The SMILES string of the molecule is CC(C)(C)OC(N)=O.COC(=O)c1ccc2nc(-c3ccccc3)c(N3CCCCC3)nc2c1. The number of ether oxygens (including phenoxy) is 2. The minimum Gasteiger partial charge on any atom is -0.465 e. The largest absolute Gasteiger partial charge is 0.465 e. The summed E-state index contributed by atoms with van der Waals surface area (Å²) in [7, 11) is 1.38. The summed E-state index contributed by atoms with van der Waals surface area (Å²) < 4.78 is 9.40. The second-order valence-corrected chi connectivity index (χ2v) is 9.04. The molecule has 4 rings (SSSR count). The maximum Gasteiger partial charge on any atom is 0.405 e. The monoisotopic (exact) mass is 464 g/mol. The van der Waals surface area contributed by atoms with E-state index in [0.29, 0.717) is 11.1 Å². The van der Waals surface area contributed by atoms with Crippen molar-refractivity contribution in [3.8, 4) is 11.3 Å². The number of hydrogen-bond acceptors (Lipinski definition) is 7. The van der Waals surface area contributed by atoms with Gasteiger partial charge in [-0.25, -0.2) is 19.6 Å². The Hall–Kier alpha value is -3.68. The van der Waals surface area contributed by atoms with Crippen LogP contribution in [0.3, 0.4) is 0 Å². The van der Waals surface area contributed by atoms with E-state index in [1.54, 1.807) is 32.9 Å². The topological polar surface area (TPSA) is 108 Å². The Balaban J connectivity index is 0.000000350. The molecule has 2 aromatic carbocycles. The summed E-state index contributed by atoms with van der Waals surface area (Å²) in [5, 5.41) is 0. The Morgan fingerprint density at radius 2 is 1.62 bits per heavy atom. The second-order valence-electron chi connectivity index (χ2n) is 9.04. The van der Waals surface area contributed by atoms with E-state index in [1.165, 1.54) is 13.5 Å². The number of esters is 1. The molecule has 0 unspecified atom stereocenters. The van der Waals surface area contributed by atoms with Crippen molar-refractivity contribution in [1.29, 1.82) is 0 Å². The summed E-state index contributed by atoms with van der Waals surface area (Å²) in [6.45, 7) is 7.25. The number of primary amides is 1. The van der Waals surface area contributed by atoms with Crippen molar-refractivity contribution in [2.24, 2.45) is 5.73 Å². The molecule has 3 aromatic rings. The van der Waals surface area contributed by atoms with Crippen LogP contribution < -0.4 is 10.6 Å². The van der Waals surface area contributed by atoms with Gasteiger partial charge in [0.1, 0.15) is 11.3 Å². The molecule has 1 aliphatic heterocycles. The highest BCUT2D eigenvalue weighted by Gasteiger charge is 2.20. The third-order valence-electron chi connectivity index (χ3n) is 5.18. The number of aromatic nitrogens is 2. The van der Waals surface area contributed by atoms with E-state index in [4.69, 9.17) is 20.4 Å². The molecule has 8 nitrogen and oxygen atoms in total. The van der Waals surface area contributed by atoms with Gasteiger partial charge in [0.2, 0.25) is 0 Å². The number of benzene rings is 2. The number of carbonyl (C=O) groups is 2. The first-order valence-electron chi connectivity index (χ1n) is 11.4. The number of hydrogen-bond donors (Lipinski definition) is 1. The lowest BCUT2D eigenvalue weighted by Crippen LogP contribution is -2.31. The molecule has 1 amide bonds. The highest BCUT2D eigenvalue weighted by atomic mass is 16.6. The molecule has 0 bridgehead atoms. The van der Waals surface area contributed by atoms with Crippen molar-refractivity contribution in [2.45, 2.75) is 45.6 Å². The number of fused-ring (bicyclic) bond motifs is 1. The summed E-state index contributed by atoms with van der Waals surface area (Å²) in [4.78, 5) is 34.0. The van der Waals surface area contributed by atoms with Crippen LogP contribution >= 0.6 is 0 Å². The average molecular weight is 465 g/mol. The number of piperidine rings is 1. The van der Waals surface area contributed by atoms with Crippen LogP contribution in [-0.4, -0.2) is 47.8 Å². The summed E-state index contributed by atoms with van der Waals surface area (Å²) in [5.41, 5.74) is 8.20. The zero-order valence-electron chi connectivity index (χ0n) is 20.2. The van der Waals surface area contributed by atoms with E-state index in [1.807, 2.05) is 24.3 Å². The minimum atomic E-state index is -0.725. The number of carbonyl (C=O) groups excluding carboxylic acids is 2. The summed E-state index contributed by atoms with van der Waals surface area (Å²) in [6.07, 6.45) is 2.86. The highest BCUT2D eigenvalue weighted by molar-refractivity contribution is 5.94. The van der Waals surface area contributed by atoms with E-state index in [-0.39, 0.29) is 5.97 Å². The van der Waals surface area contributed by atoms with Crippen LogP contribution in [0.15, 0.2) is 48.5 Å². The Morgan fingerprint density at radius 1 is 0.941 bits per heavy atom. The molecule has 34 heavy (non-hydrogen) atoms. The molecule has 1 aromatic heterocycles. The van der Waals surface area contributed by atoms with Crippen molar-refractivity contribution in [2.75, 3.05) is 25.1 Å². The Bertz CT molecular complexity index is 1140. The Labute approximate surface area is 200 Å². The van der Waals surface area contributed by atoms with Gasteiger partial charge in [0.25, 0.3) is 0 Å². The zero-order valence-corrected chi connectivity index (χ0v) is 20.2. The van der Waals surface area contributed by atoms with Crippen molar-refractivity contribution >= 4 is 28.9 Å². The number of amides is 1. The van der Waals surface area contributed by atoms with Gasteiger partial charge in [-0.1, -0.05) is 30.3 Å². The number of nitrogens with zero attached hydrogens (tertiary/aromatic N) is 3. The normalized spacial score (nSPS) is 13.6. The standard InChI is InChI=1S/C21H21N3O2.C5H11NO2/c1-26-21(25)16-10-11-17-18(14-16)23-20(24-12-6-3-7-13-24)19(22-17)15-8-4-2-5-9-15;1-5(2,3)8-4(6)7/h2,4-5,8-11,14H,3,6-7,12-13H2,1H3;1-3H3,(H2,6,7). The van der Waals surface area contributed by atoms with Gasteiger partial charge < -0.3 is 20.1 Å². The van der Waals surface area contributed by atoms with Crippen LogP contribution in [0.5, 0.6) is 0 Å². The Morgan fingerprint density at radius 3 is 2.18 bits per heavy atom. The first kappa shape index (κ1) is 25.0. The van der Waals surface area contributed by atoms with Crippen LogP contribution in [0.1, 0.15) is 50.4 Å². The lowest BCUT2D eigenvalue weighted by molar-refractivity contribution is 0.0590. The number of rotatable bonds is 3. The van der Waals surface area contributed by atoms with Gasteiger partial charge >= 0.3 is 12.1 Å². The van der Waals surface area contributed by atoms with Crippen molar-refractivity contribution in [1.82, 2.24) is 9.97 Å². The number of nitrogens with two attached hydrogens (primary N) is 1. The van der Waals surface area contributed by atoms with E-state index in [0.717, 1.165) is 48.5 Å². The molecule has 1 aliphatic rings. The van der Waals surface area contributed by atoms with Gasteiger partial charge in [0, 0.05) is 18.7 Å². The van der Waals surface area contributed by atoms with Gasteiger partial charge in [-0.2, -0.15) is 0 Å². The van der Waals surface area contributed by atoms with Crippen LogP contribution in [0, 0.1) is 0 Å². The van der Waals surface area contributed by atoms with Gasteiger partial charge in [-0.05, 0) is 58.2 Å². The minimum absolute atomic E-state index is 0.361. The fourth-order valence-electron chi connectivity index (χ4n) is 3.71. The average Bonchev–Trinajstić information content (AvgIpc) is 2.82. The third-order valence-corrected chi connectivity index (χ3v) is 5.18. The Kier molecular flexibility index (Phi) is 8.04. The van der Waals surface area contributed by atoms with E-state index < -0.39 is 11.7 Å². The third kappa shape index (κ3) is 6.66. The van der Waals surface area contributed by atoms with Crippen molar-refractivity contribution in [3.05, 3.63) is 54.1 Å². The molecule has 0 radical (unpaired) electrons. The second kappa shape index (κ2) is 11.0. The predicted octanol–water partition coefficient (Wildman–Crippen LogP) is 4.95. The smallest absolute Gasteiger partial charge is 0.405 e. The van der Waals surface area contributed by atoms with Gasteiger partial charge in [-0.15, -0.1) is 0 Å². The molecule has 2 N–H and O–H groups in total. The van der Waals surface area contributed by atoms with Crippen LogP contribution in [0.4, 0.5) is 10.6 Å². The molecule has 2 heterocycles. The zero-order chi connectivity index (χ0) is 24.7. The van der Waals surface area contributed by atoms with E-state index in [9.17, 15) is 9.59 Å². The fraction of sp³-hybridized carbons (Fsp3) is 0.385. The van der Waals surface area contributed by atoms with Crippen molar-refractivity contribution < 1.29 is 19.1 Å². The van der Waals surface area contributed by atoms with E-state index in [2.05, 4.69) is 21.8 Å². The van der Waals surface area contributed by atoms with E-state index >= 15 is 0 Å². The first-order valence-corrected chi connectivity index (χ1v) is 11.4. The van der Waals surface area contributed by atoms with Gasteiger partial charge in [-0.3, -0.25) is 0 Å². The molecule has 180 valence electrons.